The van der Waals surface area contributed by atoms with Crippen molar-refractivity contribution in [1.82, 2.24) is 14.5 Å². The van der Waals surface area contributed by atoms with E-state index in [0.717, 1.165) is 43.0 Å². The smallest absolute Gasteiger partial charge is 0.293 e. The summed E-state index contributed by atoms with van der Waals surface area (Å²) in [6.07, 6.45) is 0. The third-order valence-electron chi connectivity index (χ3n) is 6.40. The van der Waals surface area contributed by atoms with Gasteiger partial charge in [0, 0.05) is 13.1 Å². The molecule has 0 radical (unpaired) electrons. The van der Waals surface area contributed by atoms with Crippen LogP contribution in [0.5, 0.6) is 5.75 Å². The van der Waals surface area contributed by atoms with Crippen LogP contribution in [-0.4, -0.2) is 40.0 Å². The molecule has 2 aromatic heterocycles. The Labute approximate surface area is 213 Å². The number of hydrogen-bond donors (Lipinski definition) is 1. The number of furan rings is 1. The number of carbonyl (C=O) groups excluding carboxylic acids is 1. The van der Waals surface area contributed by atoms with Crippen molar-refractivity contribution in [3.05, 3.63) is 77.7 Å². The van der Waals surface area contributed by atoms with Gasteiger partial charge in [-0.2, -0.15) is 0 Å². The van der Waals surface area contributed by atoms with E-state index in [4.69, 9.17) is 9.15 Å². The maximum Gasteiger partial charge on any atom is 0.293 e. The van der Waals surface area contributed by atoms with Crippen molar-refractivity contribution in [1.29, 1.82) is 0 Å². The molecule has 0 bridgehead atoms. The van der Waals surface area contributed by atoms with E-state index in [9.17, 15) is 4.79 Å². The maximum absolute atomic E-state index is 13.0. The number of rotatable bonds is 10. The fourth-order valence-electron chi connectivity index (χ4n) is 4.12. The Morgan fingerprint density at radius 3 is 2.44 bits per heavy atom. The number of benzene rings is 2. The molecule has 7 nitrogen and oxygen atoms in total. The van der Waals surface area contributed by atoms with Crippen molar-refractivity contribution >= 4 is 22.9 Å². The second-order valence-electron chi connectivity index (χ2n) is 9.89. The Morgan fingerprint density at radius 1 is 1.03 bits per heavy atom. The lowest BCUT2D eigenvalue weighted by Crippen LogP contribution is -2.27. The van der Waals surface area contributed by atoms with Crippen molar-refractivity contribution in [2.24, 2.45) is 0 Å². The van der Waals surface area contributed by atoms with Crippen LogP contribution in [0, 0.1) is 0 Å². The third-order valence-corrected chi connectivity index (χ3v) is 6.40. The van der Waals surface area contributed by atoms with E-state index >= 15 is 0 Å². The standard InChI is InChI=1S/C29H36N4O3/c1-6-32(7-2)18-19-33-25-11-9-8-10-24(25)30-28(33)31-27(34)26-17-16-23(36-26)20-35-22-14-12-21(13-15-22)29(3,4)5/h8-17H,6-7,18-20H2,1-5H3,(H,30,31,34). The molecule has 4 rings (SSSR count). The fraction of sp³-hybridized carbons (Fsp3) is 0.379. The van der Waals surface area contributed by atoms with Crippen molar-refractivity contribution < 1.29 is 13.9 Å². The van der Waals surface area contributed by atoms with Gasteiger partial charge in [0.1, 0.15) is 18.1 Å². The van der Waals surface area contributed by atoms with Gasteiger partial charge in [-0.15, -0.1) is 0 Å². The number of ether oxygens (including phenoxy) is 1. The summed E-state index contributed by atoms with van der Waals surface area (Å²) < 4.78 is 13.7. The Kier molecular flexibility index (Phi) is 7.79. The average Bonchev–Trinajstić information content (AvgIpc) is 3.48. The molecule has 0 saturated carbocycles. The topological polar surface area (TPSA) is 72.5 Å². The molecular weight excluding hydrogens is 452 g/mol. The van der Waals surface area contributed by atoms with E-state index in [-0.39, 0.29) is 23.7 Å². The molecule has 0 aliphatic rings. The van der Waals surface area contributed by atoms with Gasteiger partial charge in [-0.25, -0.2) is 4.98 Å². The SMILES string of the molecule is CCN(CC)CCn1c(NC(=O)c2ccc(COc3ccc(C(C)(C)C)cc3)o2)nc2ccccc21. The number of imidazole rings is 1. The van der Waals surface area contributed by atoms with Gasteiger partial charge in [-0.05, 0) is 60.5 Å². The largest absolute Gasteiger partial charge is 0.486 e. The molecule has 0 saturated heterocycles. The number of amides is 1. The first kappa shape index (κ1) is 25.5. The molecule has 2 heterocycles. The van der Waals surface area contributed by atoms with E-state index in [1.54, 1.807) is 12.1 Å². The van der Waals surface area contributed by atoms with E-state index in [1.807, 2.05) is 36.4 Å². The number of hydrogen-bond acceptors (Lipinski definition) is 5. The maximum atomic E-state index is 13.0. The van der Waals surface area contributed by atoms with Crippen LogP contribution in [0.4, 0.5) is 5.95 Å². The fourth-order valence-corrected chi connectivity index (χ4v) is 4.12. The Hall–Kier alpha value is -3.58. The second kappa shape index (κ2) is 11.0. The summed E-state index contributed by atoms with van der Waals surface area (Å²) in [4.78, 5) is 20.0. The number of fused-ring (bicyclic) bond motifs is 1. The number of anilines is 1. The molecule has 0 atom stereocenters. The number of aromatic nitrogens is 2. The minimum absolute atomic E-state index is 0.0910. The highest BCUT2D eigenvalue weighted by Gasteiger charge is 2.18. The molecule has 0 fully saturated rings. The summed E-state index contributed by atoms with van der Waals surface area (Å²) in [5, 5.41) is 2.94. The first-order valence-electron chi connectivity index (χ1n) is 12.6. The summed E-state index contributed by atoms with van der Waals surface area (Å²) >= 11 is 0. The van der Waals surface area contributed by atoms with Crippen LogP contribution in [0.15, 0.2) is 65.1 Å². The van der Waals surface area contributed by atoms with Crippen LogP contribution < -0.4 is 10.1 Å². The average molecular weight is 489 g/mol. The van der Waals surface area contributed by atoms with Gasteiger partial charge in [0.05, 0.1) is 11.0 Å². The third kappa shape index (κ3) is 5.97. The summed E-state index contributed by atoms with van der Waals surface area (Å²) in [5.74, 6) is 1.73. The summed E-state index contributed by atoms with van der Waals surface area (Å²) in [6, 6.07) is 19.4. The lowest BCUT2D eigenvalue weighted by molar-refractivity contribution is 0.0991. The van der Waals surface area contributed by atoms with Gasteiger partial charge in [-0.3, -0.25) is 10.1 Å². The molecule has 1 N–H and O–H groups in total. The van der Waals surface area contributed by atoms with Crippen LogP contribution in [0.1, 0.15) is 56.5 Å². The van der Waals surface area contributed by atoms with Gasteiger partial charge in [0.25, 0.3) is 5.91 Å². The Bertz CT molecular complexity index is 1290. The molecule has 0 aliphatic heterocycles. The molecule has 1 amide bonds. The first-order valence-corrected chi connectivity index (χ1v) is 12.6. The summed E-state index contributed by atoms with van der Waals surface area (Å²) in [7, 11) is 0. The highest BCUT2D eigenvalue weighted by Crippen LogP contribution is 2.25. The quantitative estimate of drug-likeness (QED) is 0.292. The van der Waals surface area contributed by atoms with E-state index in [2.05, 4.69) is 66.5 Å². The number of likely N-dealkylation sites (N-methyl/N-ethyl adjacent to an activating group) is 1. The zero-order valence-electron chi connectivity index (χ0n) is 21.9. The lowest BCUT2D eigenvalue weighted by atomic mass is 9.87. The lowest BCUT2D eigenvalue weighted by Gasteiger charge is -2.19. The van der Waals surface area contributed by atoms with Crippen LogP contribution in [0.3, 0.4) is 0 Å². The Balaban J connectivity index is 1.43. The van der Waals surface area contributed by atoms with Crippen LogP contribution in [0.25, 0.3) is 11.0 Å². The van der Waals surface area contributed by atoms with Crippen LogP contribution in [-0.2, 0) is 18.6 Å². The summed E-state index contributed by atoms with van der Waals surface area (Å²) in [5.41, 5.74) is 3.17. The minimum atomic E-state index is -0.338. The van der Waals surface area contributed by atoms with Crippen molar-refractivity contribution in [3.8, 4) is 5.75 Å². The molecule has 2 aromatic carbocycles. The zero-order valence-corrected chi connectivity index (χ0v) is 21.9. The zero-order chi connectivity index (χ0) is 25.7. The monoisotopic (exact) mass is 488 g/mol. The molecule has 0 unspecified atom stereocenters. The molecule has 0 spiro atoms. The van der Waals surface area contributed by atoms with Gasteiger partial charge in [0.2, 0.25) is 5.95 Å². The molecule has 7 heteroatoms. The molecule has 4 aromatic rings. The van der Waals surface area contributed by atoms with Gasteiger partial charge in [-0.1, -0.05) is 58.9 Å². The van der Waals surface area contributed by atoms with Crippen molar-refractivity contribution in [3.63, 3.8) is 0 Å². The van der Waals surface area contributed by atoms with Crippen molar-refractivity contribution in [2.75, 3.05) is 25.0 Å². The number of para-hydroxylation sites is 2. The predicted molar refractivity (Wildman–Crippen MR) is 144 cm³/mol. The van der Waals surface area contributed by atoms with Crippen LogP contribution >= 0.6 is 0 Å². The van der Waals surface area contributed by atoms with Crippen molar-refractivity contribution in [2.45, 2.75) is 53.2 Å². The highest BCUT2D eigenvalue weighted by molar-refractivity contribution is 6.02. The molecular formula is C29H36N4O3. The predicted octanol–water partition coefficient (Wildman–Crippen LogP) is 6.10. The number of nitrogens with zero attached hydrogens (tertiary/aromatic N) is 3. The van der Waals surface area contributed by atoms with Crippen LogP contribution in [0.2, 0.25) is 0 Å². The van der Waals surface area contributed by atoms with Gasteiger partial charge >= 0.3 is 0 Å². The number of carbonyl (C=O) groups is 1. The Morgan fingerprint density at radius 2 is 1.75 bits per heavy atom. The first-order chi connectivity index (χ1) is 17.3. The molecule has 0 aliphatic carbocycles. The van der Waals surface area contributed by atoms with E-state index in [0.29, 0.717) is 11.7 Å². The van der Waals surface area contributed by atoms with Gasteiger partial charge < -0.3 is 18.6 Å². The van der Waals surface area contributed by atoms with E-state index in [1.165, 1.54) is 5.56 Å². The van der Waals surface area contributed by atoms with E-state index < -0.39 is 0 Å². The second-order valence-corrected chi connectivity index (χ2v) is 9.89. The molecule has 36 heavy (non-hydrogen) atoms. The normalized spacial score (nSPS) is 11.8. The summed E-state index contributed by atoms with van der Waals surface area (Å²) in [6.45, 7) is 14.6. The molecule has 190 valence electrons. The highest BCUT2D eigenvalue weighted by atomic mass is 16.5. The van der Waals surface area contributed by atoms with Gasteiger partial charge in [0.15, 0.2) is 5.76 Å². The minimum Gasteiger partial charge on any atom is -0.486 e. The number of nitrogens with one attached hydrogen (secondary N) is 1.